The summed E-state index contributed by atoms with van der Waals surface area (Å²) in [5.41, 5.74) is 1.02. The van der Waals surface area contributed by atoms with Crippen LogP contribution in [0.4, 0.5) is 10.1 Å². The number of benzene rings is 3. The number of nitrogens with zero attached hydrogens (tertiary/aromatic N) is 1. The Balaban J connectivity index is 1.81. The van der Waals surface area contributed by atoms with Crippen molar-refractivity contribution in [3.8, 4) is 5.75 Å². The number of anilines is 1. The van der Waals surface area contributed by atoms with Gasteiger partial charge in [-0.3, -0.25) is 14.5 Å². The summed E-state index contributed by atoms with van der Waals surface area (Å²) in [5.74, 6) is -1.04. The molecule has 4 aromatic rings. The zero-order valence-corrected chi connectivity index (χ0v) is 16.9. The van der Waals surface area contributed by atoms with Crippen LogP contribution < -0.4 is 10.3 Å². The molecule has 5 nitrogen and oxygen atoms in total. The minimum absolute atomic E-state index is 0.0612. The van der Waals surface area contributed by atoms with Gasteiger partial charge < -0.3 is 9.52 Å². The maximum Gasteiger partial charge on any atom is 0.295 e. The molecule has 0 radical (unpaired) electrons. The van der Waals surface area contributed by atoms with Crippen LogP contribution in [-0.2, 0) is 0 Å². The van der Waals surface area contributed by atoms with Gasteiger partial charge in [0.25, 0.3) is 5.91 Å². The van der Waals surface area contributed by atoms with Gasteiger partial charge >= 0.3 is 0 Å². The third kappa shape index (κ3) is 2.81. The van der Waals surface area contributed by atoms with Crippen molar-refractivity contribution in [3.05, 3.63) is 104 Å². The predicted molar refractivity (Wildman–Crippen MR) is 113 cm³/mol. The van der Waals surface area contributed by atoms with E-state index in [0.29, 0.717) is 11.3 Å². The van der Waals surface area contributed by atoms with Crippen molar-refractivity contribution in [1.82, 2.24) is 0 Å². The fraction of sp³-hybridized carbons (Fsp3) is 0.0435. The van der Waals surface area contributed by atoms with E-state index in [1.54, 1.807) is 36.4 Å². The lowest BCUT2D eigenvalue weighted by atomic mass is 9.98. The van der Waals surface area contributed by atoms with E-state index >= 15 is 0 Å². The first-order valence-corrected chi connectivity index (χ1v) is 9.87. The van der Waals surface area contributed by atoms with E-state index in [0.717, 1.165) is 10.5 Å². The average molecular weight is 466 g/mol. The van der Waals surface area contributed by atoms with Gasteiger partial charge in [0, 0.05) is 10.2 Å². The maximum absolute atomic E-state index is 13.8. The van der Waals surface area contributed by atoms with E-state index in [4.69, 9.17) is 4.42 Å². The minimum Gasteiger partial charge on any atom is -0.508 e. The molecule has 0 spiro atoms. The van der Waals surface area contributed by atoms with Gasteiger partial charge in [0.15, 0.2) is 5.43 Å². The molecule has 1 aliphatic rings. The third-order valence-electron chi connectivity index (χ3n) is 5.15. The molecular formula is C23H13BrFNO4. The summed E-state index contributed by atoms with van der Waals surface area (Å²) in [6, 6.07) is 16.2. The van der Waals surface area contributed by atoms with Crippen molar-refractivity contribution in [1.29, 1.82) is 0 Å². The van der Waals surface area contributed by atoms with Gasteiger partial charge in [-0.15, -0.1) is 0 Å². The number of hydrogen-bond donors (Lipinski definition) is 1. The monoisotopic (exact) mass is 465 g/mol. The van der Waals surface area contributed by atoms with Crippen molar-refractivity contribution >= 4 is 38.5 Å². The summed E-state index contributed by atoms with van der Waals surface area (Å²) in [6.45, 7) is 0. The van der Waals surface area contributed by atoms with Crippen LogP contribution in [0.2, 0.25) is 0 Å². The molecule has 0 saturated heterocycles. The van der Waals surface area contributed by atoms with Crippen molar-refractivity contribution in [2.45, 2.75) is 6.04 Å². The topological polar surface area (TPSA) is 70.8 Å². The SMILES string of the molecule is O=C1c2oc3ccc(F)cc3c(=O)c2C(c2ccc(O)cc2)N1c1ccc(Br)cc1. The Kier molecular flexibility index (Phi) is 4.22. The Bertz CT molecular complexity index is 1360. The highest BCUT2D eigenvalue weighted by Gasteiger charge is 2.43. The van der Waals surface area contributed by atoms with Crippen LogP contribution >= 0.6 is 15.9 Å². The number of halogens is 2. The van der Waals surface area contributed by atoms with Crippen LogP contribution in [-0.4, -0.2) is 11.0 Å². The summed E-state index contributed by atoms with van der Waals surface area (Å²) in [7, 11) is 0. The van der Waals surface area contributed by atoms with E-state index in [9.17, 15) is 19.1 Å². The number of hydrogen-bond acceptors (Lipinski definition) is 4. The Morgan fingerprint density at radius 1 is 0.967 bits per heavy atom. The Morgan fingerprint density at radius 2 is 1.67 bits per heavy atom. The lowest BCUT2D eigenvalue weighted by Gasteiger charge is -2.25. The molecule has 1 unspecified atom stereocenters. The third-order valence-corrected chi connectivity index (χ3v) is 5.67. The number of phenolic OH excluding ortho intramolecular Hbond substituents is 1. The summed E-state index contributed by atoms with van der Waals surface area (Å²) >= 11 is 3.38. The molecule has 1 aromatic heterocycles. The molecule has 7 heteroatoms. The van der Waals surface area contributed by atoms with Gasteiger partial charge in [-0.05, 0) is 60.2 Å². The molecule has 1 amide bonds. The number of carbonyl (C=O) groups is 1. The minimum atomic E-state index is -0.779. The Morgan fingerprint density at radius 3 is 2.37 bits per heavy atom. The second kappa shape index (κ2) is 6.81. The predicted octanol–water partition coefficient (Wildman–Crippen LogP) is 5.15. The smallest absolute Gasteiger partial charge is 0.295 e. The second-order valence-electron chi connectivity index (χ2n) is 6.96. The van der Waals surface area contributed by atoms with Crippen LogP contribution in [0.15, 0.2) is 80.4 Å². The van der Waals surface area contributed by atoms with E-state index < -0.39 is 23.2 Å². The summed E-state index contributed by atoms with van der Waals surface area (Å²) in [6.07, 6.45) is 0. The molecule has 0 saturated carbocycles. The van der Waals surface area contributed by atoms with Gasteiger partial charge in [-0.1, -0.05) is 28.1 Å². The van der Waals surface area contributed by atoms with Gasteiger partial charge in [0.1, 0.15) is 17.1 Å². The highest BCUT2D eigenvalue weighted by molar-refractivity contribution is 9.10. The molecule has 3 aromatic carbocycles. The molecule has 0 aliphatic carbocycles. The van der Waals surface area contributed by atoms with Gasteiger partial charge in [0.05, 0.1) is 17.0 Å². The van der Waals surface area contributed by atoms with Crippen LogP contribution in [0.1, 0.15) is 27.7 Å². The quantitative estimate of drug-likeness (QED) is 0.444. The van der Waals surface area contributed by atoms with Crippen molar-refractivity contribution in [2.75, 3.05) is 4.90 Å². The zero-order valence-electron chi connectivity index (χ0n) is 15.3. The van der Waals surface area contributed by atoms with Crippen molar-refractivity contribution in [3.63, 3.8) is 0 Å². The fourth-order valence-corrected chi connectivity index (χ4v) is 4.05. The number of fused-ring (bicyclic) bond motifs is 2. The number of aromatic hydroxyl groups is 1. The molecule has 0 bridgehead atoms. The van der Waals surface area contributed by atoms with Crippen LogP contribution in [0.5, 0.6) is 5.75 Å². The van der Waals surface area contributed by atoms with Crippen molar-refractivity contribution < 1.29 is 18.7 Å². The number of rotatable bonds is 2. The average Bonchev–Trinajstić information content (AvgIpc) is 3.03. The fourth-order valence-electron chi connectivity index (χ4n) is 3.79. The van der Waals surface area contributed by atoms with Gasteiger partial charge in [-0.25, -0.2) is 4.39 Å². The van der Waals surface area contributed by atoms with Crippen LogP contribution in [0, 0.1) is 5.82 Å². The summed E-state index contributed by atoms with van der Waals surface area (Å²) < 4.78 is 20.4. The first-order chi connectivity index (χ1) is 14.4. The highest BCUT2D eigenvalue weighted by Crippen LogP contribution is 2.41. The van der Waals surface area contributed by atoms with E-state index in [2.05, 4.69) is 15.9 Å². The van der Waals surface area contributed by atoms with Crippen LogP contribution in [0.25, 0.3) is 11.0 Å². The van der Waals surface area contributed by atoms with Crippen molar-refractivity contribution in [2.24, 2.45) is 0 Å². The summed E-state index contributed by atoms with van der Waals surface area (Å²) in [5, 5.41) is 9.75. The molecule has 1 atom stereocenters. The molecule has 5 rings (SSSR count). The zero-order chi connectivity index (χ0) is 21.0. The highest BCUT2D eigenvalue weighted by atomic mass is 79.9. The molecule has 148 valence electrons. The van der Waals surface area contributed by atoms with E-state index in [1.165, 1.54) is 29.2 Å². The maximum atomic E-state index is 13.8. The van der Waals surface area contributed by atoms with Crippen LogP contribution in [0.3, 0.4) is 0 Å². The largest absolute Gasteiger partial charge is 0.508 e. The standard InChI is InChI=1S/C23H13BrFNO4/c24-13-3-6-15(7-4-13)26-20(12-1-8-16(27)9-2-12)19-21(28)17-11-14(25)5-10-18(17)30-22(19)23(26)29/h1-11,20,27H. The lowest BCUT2D eigenvalue weighted by Crippen LogP contribution is -2.29. The number of amides is 1. The normalized spacial score (nSPS) is 15.6. The summed E-state index contributed by atoms with van der Waals surface area (Å²) in [4.78, 5) is 28.2. The molecule has 2 heterocycles. The first-order valence-electron chi connectivity index (χ1n) is 9.08. The van der Waals surface area contributed by atoms with Gasteiger partial charge in [0.2, 0.25) is 5.76 Å². The molecule has 0 fully saturated rings. The van der Waals surface area contributed by atoms with E-state index in [1.807, 2.05) is 0 Å². The lowest BCUT2D eigenvalue weighted by molar-refractivity contribution is 0.0971. The molecule has 30 heavy (non-hydrogen) atoms. The first kappa shape index (κ1) is 18.6. The van der Waals surface area contributed by atoms with Gasteiger partial charge in [-0.2, -0.15) is 0 Å². The Labute approximate surface area is 178 Å². The van der Waals surface area contributed by atoms with E-state index in [-0.39, 0.29) is 28.0 Å². The molecular weight excluding hydrogens is 453 g/mol. The molecule has 1 N–H and O–H groups in total. The second-order valence-corrected chi connectivity index (χ2v) is 7.88. The number of phenols is 1. The Hall–Kier alpha value is -3.45. The number of carbonyl (C=O) groups excluding carboxylic acids is 1. The molecule has 1 aliphatic heterocycles.